The maximum atomic E-state index is 13.5. The Balaban J connectivity index is 1.19. The van der Waals surface area contributed by atoms with Crippen LogP contribution in [0, 0.1) is 5.92 Å². The van der Waals surface area contributed by atoms with Crippen LogP contribution in [0.5, 0.6) is 5.75 Å². The van der Waals surface area contributed by atoms with Crippen LogP contribution in [-0.4, -0.2) is 60.6 Å². The number of ether oxygens (including phenoxy) is 2. The van der Waals surface area contributed by atoms with E-state index >= 15 is 0 Å². The Labute approximate surface area is 232 Å². The molecule has 1 unspecified atom stereocenters. The van der Waals surface area contributed by atoms with Gasteiger partial charge in [-0.15, -0.1) is 0 Å². The van der Waals surface area contributed by atoms with E-state index in [1.165, 1.54) is 5.56 Å². The Morgan fingerprint density at radius 2 is 1.49 bits per heavy atom. The number of carbonyl (C=O) groups excluding carboxylic acids is 1. The van der Waals surface area contributed by atoms with Gasteiger partial charge in [0, 0.05) is 57.4 Å². The van der Waals surface area contributed by atoms with Gasteiger partial charge in [0.05, 0.1) is 5.69 Å². The number of benzene rings is 3. The second-order valence-corrected chi connectivity index (χ2v) is 11.0. The predicted octanol–water partition coefficient (Wildman–Crippen LogP) is 5.60. The van der Waals surface area contributed by atoms with Crippen molar-refractivity contribution in [2.45, 2.75) is 44.9 Å². The van der Waals surface area contributed by atoms with Crippen LogP contribution in [0.4, 0.5) is 5.69 Å². The monoisotopic (exact) mass is 527 g/mol. The first kappa shape index (κ1) is 27.4. The minimum atomic E-state index is -0.132. The highest BCUT2D eigenvalue weighted by Crippen LogP contribution is 2.36. The van der Waals surface area contributed by atoms with Crippen molar-refractivity contribution in [3.8, 4) is 5.75 Å². The number of rotatable bonds is 10. The van der Waals surface area contributed by atoms with Gasteiger partial charge in [-0.25, -0.2) is 0 Å². The summed E-state index contributed by atoms with van der Waals surface area (Å²) in [6.07, 6.45) is 2.77. The highest BCUT2D eigenvalue weighted by Gasteiger charge is 2.41. The van der Waals surface area contributed by atoms with Crippen LogP contribution in [0.25, 0.3) is 0 Å². The lowest BCUT2D eigenvalue weighted by Crippen LogP contribution is -2.59. The summed E-state index contributed by atoms with van der Waals surface area (Å²) in [4.78, 5) is 18.7. The van der Waals surface area contributed by atoms with Gasteiger partial charge in [0.15, 0.2) is 0 Å². The van der Waals surface area contributed by atoms with Gasteiger partial charge in [-0.2, -0.15) is 0 Å². The average molecular weight is 528 g/mol. The molecule has 6 nitrogen and oxygen atoms in total. The van der Waals surface area contributed by atoms with Gasteiger partial charge in [-0.3, -0.25) is 14.6 Å². The van der Waals surface area contributed by atoms with Crippen molar-refractivity contribution in [3.05, 3.63) is 96.1 Å². The van der Waals surface area contributed by atoms with E-state index in [-0.39, 0.29) is 17.4 Å². The van der Waals surface area contributed by atoms with Gasteiger partial charge in [-0.1, -0.05) is 79.7 Å². The third-order valence-electron chi connectivity index (χ3n) is 8.23. The molecule has 0 spiro atoms. The molecule has 0 aromatic heterocycles. The molecule has 2 aliphatic heterocycles. The van der Waals surface area contributed by atoms with Crippen LogP contribution in [0.2, 0.25) is 0 Å². The third-order valence-corrected chi connectivity index (χ3v) is 8.23. The SMILES string of the molecule is CC(CC1(N2CCN(Cc3ccccc3)CC2)CCOCC1)C(=O)Nc1ccccc1OCc1ccccc1. The van der Waals surface area contributed by atoms with E-state index in [1.807, 2.05) is 54.6 Å². The van der Waals surface area contributed by atoms with Crippen LogP contribution < -0.4 is 10.1 Å². The number of hydrogen-bond acceptors (Lipinski definition) is 5. The molecule has 1 atom stereocenters. The maximum Gasteiger partial charge on any atom is 0.227 e. The van der Waals surface area contributed by atoms with Crippen molar-refractivity contribution in [2.24, 2.45) is 5.92 Å². The fraction of sp³-hybridized carbons (Fsp3) is 0.424. The van der Waals surface area contributed by atoms with Gasteiger partial charge >= 0.3 is 0 Å². The van der Waals surface area contributed by atoms with Crippen molar-refractivity contribution >= 4 is 11.6 Å². The maximum absolute atomic E-state index is 13.5. The number of anilines is 1. The van der Waals surface area contributed by atoms with Crippen molar-refractivity contribution in [2.75, 3.05) is 44.7 Å². The summed E-state index contributed by atoms with van der Waals surface area (Å²) >= 11 is 0. The quantitative estimate of drug-likeness (QED) is 0.372. The van der Waals surface area contributed by atoms with Crippen LogP contribution in [-0.2, 0) is 22.7 Å². The Kier molecular flexibility index (Phi) is 9.30. The van der Waals surface area contributed by atoms with Crippen LogP contribution in [0.3, 0.4) is 0 Å². The molecule has 2 fully saturated rings. The molecule has 206 valence electrons. The van der Waals surface area contributed by atoms with E-state index < -0.39 is 0 Å². The van der Waals surface area contributed by atoms with Gasteiger partial charge in [0.25, 0.3) is 0 Å². The Hall–Kier alpha value is -3.19. The van der Waals surface area contributed by atoms with Crippen molar-refractivity contribution < 1.29 is 14.3 Å². The minimum Gasteiger partial charge on any atom is -0.487 e. The third kappa shape index (κ3) is 7.27. The molecular formula is C33H41N3O3. The summed E-state index contributed by atoms with van der Waals surface area (Å²) in [5, 5.41) is 3.17. The van der Waals surface area contributed by atoms with Crippen molar-refractivity contribution in [3.63, 3.8) is 0 Å². The largest absolute Gasteiger partial charge is 0.487 e. The van der Waals surface area contributed by atoms with Gasteiger partial charge < -0.3 is 14.8 Å². The number of hydrogen-bond donors (Lipinski definition) is 1. The molecule has 39 heavy (non-hydrogen) atoms. The molecule has 0 bridgehead atoms. The standard InChI is InChI=1S/C33H41N3O3/c1-27(32(37)34-30-14-8-9-15-31(30)39-26-29-12-6-3-7-13-29)24-33(16-22-38-23-17-33)36-20-18-35(19-21-36)25-28-10-4-2-5-11-28/h2-15,27H,16-26H2,1H3,(H,34,37). The lowest BCUT2D eigenvalue weighted by Gasteiger charge is -2.50. The Morgan fingerprint density at radius 3 is 2.18 bits per heavy atom. The lowest BCUT2D eigenvalue weighted by molar-refractivity contribution is -0.122. The van der Waals surface area contributed by atoms with Gasteiger partial charge in [0.2, 0.25) is 5.91 Å². The molecule has 6 heteroatoms. The first-order chi connectivity index (χ1) is 19.1. The molecule has 2 heterocycles. The average Bonchev–Trinajstić information content (AvgIpc) is 2.98. The normalized spacial score (nSPS) is 18.8. The van der Waals surface area contributed by atoms with E-state index in [0.717, 1.165) is 76.5 Å². The topological polar surface area (TPSA) is 54.0 Å². The molecule has 0 aliphatic carbocycles. The van der Waals surface area contributed by atoms with Crippen molar-refractivity contribution in [1.82, 2.24) is 9.80 Å². The molecule has 3 aromatic carbocycles. The predicted molar refractivity (Wildman–Crippen MR) is 156 cm³/mol. The molecule has 1 N–H and O–H groups in total. The van der Waals surface area contributed by atoms with Crippen LogP contribution in [0.15, 0.2) is 84.9 Å². The molecule has 0 radical (unpaired) electrons. The first-order valence-electron chi connectivity index (χ1n) is 14.3. The molecule has 0 saturated carbocycles. The van der Waals surface area contributed by atoms with Crippen LogP contribution in [0.1, 0.15) is 37.3 Å². The molecule has 2 aliphatic rings. The van der Waals surface area contributed by atoms with E-state index in [9.17, 15) is 4.79 Å². The smallest absolute Gasteiger partial charge is 0.227 e. The highest BCUT2D eigenvalue weighted by atomic mass is 16.5. The fourth-order valence-corrected chi connectivity index (χ4v) is 5.97. The van der Waals surface area contributed by atoms with E-state index in [4.69, 9.17) is 9.47 Å². The number of para-hydroxylation sites is 2. The number of carbonyl (C=O) groups is 1. The molecule has 5 rings (SSSR count). The minimum absolute atomic E-state index is 0.00281. The lowest BCUT2D eigenvalue weighted by atomic mass is 9.79. The summed E-state index contributed by atoms with van der Waals surface area (Å²) in [5.41, 5.74) is 3.18. The summed E-state index contributed by atoms with van der Waals surface area (Å²) in [6.45, 7) is 9.18. The van der Waals surface area contributed by atoms with Crippen LogP contribution >= 0.6 is 0 Å². The zero-order valence-electron chi connectivity index (χ0n) is 23.1. The Morgan fingerprint density at radius 1 is 0.872 bits per heavy atom. The first-order valence-corrected chi connectivity index (χ1v) is 14.3. The molecule has 2 saturated heterocycles. The summed E-state index contributed by atoms with van der Waals surface area (Å²) < 4.78 is 11.9. The van der Waals surface area contributed by atoms with Gasteiger partial charge in [-0.05, 0) is 42.5 Å². The number of nitrogens with one attached hydrogen (secondary N) is 1. The summed E-state index contributed by atoms with van der Waals surface area (Å²) in [7, 11) is 0. The summed E-state index contributed by atoms with van der Waals surface area (Å²) in [5.74, 6) is 0.601. The van der Waals surface area contributed by atoms with Crippen molar-refractivity contribution in [1.29, 1.82) is 0 Å². The van der Waals surface area contributed by atoms with E-state index in [2.05, 4.69) is 52.4 Å². The van der Waals surface area contributed by atoms with E-state index in [0.29, 0.717) is 12.4 Å². The fourth-order valence-electron chi connectivity index (χ4n) is 5.97. The molecular weight excluding hydrogens is 486 g/mol. The second-order valence-electron chi connectivity index (χ2n) is 11.0. The van der Waals surface area contributed by atoms with E-state index in [1.54, 1.807) is 0 Å². The number of piperazine rings is 1. The highest BCUT2D eigenvalue weighted by molar-refractivity contribution is 5.93. The second kappa shape index (κ2) is 13.2. The number of amides is 1. The zero-order chi connectivity index (χ0) is 26.9. The molecule has 3 aromatic rings. The summed E-state index contributed by atoms with van der Waals surface area (Å²) in [6, 6.07) is 28.5. The zero-order valence-corrected chi connectivity index (χ0v) is 23.1. The molecule has 1 amide bonds. The Bertz CT molecular complexity index is 1170. The van der Waals surface area contributed by atoms with Gasteiger partial charge in [0.1, 0.15) is 12.4 Å². The number of nitrogens with zero attached hydrogens (tertiary/aromatic N) is 2.